The minimum atomic E-state index is -0.568. The fourth-order valence-electron chi connectivity index (χ4n) is 5.55. The number of Topliss-reactive ketones (excluding diaryl/α,β-unsaturated/α-hetero) is 1. The largest absolute Gasteiger partial charge is 0.457 e. The molecule has 2 aromatic carbocycles. The standard InChI is InChI=1S/C32H34N4O5/c1-22(13-16-34-32(40)24-9-11-26(12-10-24)41-25-7-3-2-4-8-25)18-29(38)35-17-14-27-31(35)28(37)21-36(27)30(39)19-23-6-5-15-33-20-23/h2-12,15,20,22,27,31H,13-14,16-19,21H2,1H3,(H,34,40). The van der Waals surface area contributed by atoms with Crippen molar-refractivity contribution in [2.45, 2.75) is 44.7 Å². The van der Waals surface area contributed by atoms with Gasteiger partial charge in [-0.25, -0.2) is 0 Å². The molecule has 2 fully saturated rings. The fraction of sp³-hybridized carbons (Fsp3) is 0.344. The Balaban J connectivity index is 1.06. The second kappa shape index (κ2) is 12.8. The molecule has 3 heterocycles. The molecule has 2 saturated heterocycles. The molecule has 0 saturated carbocycles. The molecule has 3 amide bonds. The van der Waals surface area contributed by atoms with Gasteiger partial charge in [-0.1, -0.05) is 31.2 Å². The Hall–Kier alpha value is -4.53. The SMILES string of the molecule is CC(CCNC(=O)c1ccc(Oc2ccccc2)cc1)CC(=O)N1CCC2C1C(=O)CN2C(=O)Cc1cccnc1. The van der Waals surface area contributed by atoms with Gasteiger partial charge in [0.05, 0.1) is 19.0 Å². The third-order valence-corrected chi connectivity index (χ3v) is 7.68. The summed E-state index contributed by atoms with van der Waals surface area (Å²) in [6, 6.07) is 19.1. The second-order valence-electron chi connectivity index (χ2n) is 10.7. The Labute approximate surface area is 239 Å². The van der Waals surface area contributed by atoms with Crippen LogP contribution in [0, 0.1) is 5.92 Å². The quantitative estimate of drug-likeness (QED) is 0.410. The number of hydrogen-bond donors (Lipinski definition) is 1. The average molecular weight is 555 g/mol. The maximum Gasteiger partial charge on any atom is 0.251 e. The van der Waals surface area contributed by atoms with Crippen molar-refractivity contribution < 1.29 is 23.9 Å². The lowest BCUT2D eigenvalue weighted by Crippen LogP contribution is -2.44. The van der Waals surface area contributed by atoms with Crippen LogP contribution in [0.25, 0.3) is 0 Å². The number of amides is 3. The highest BCUT2D eigenvalue weighted by Crippen LogP contribution is 2.31. The number of pyridine rings is 1. The maximum absolute atomic E-state index is 13.2. The van der Waals surface area contributed by atoms with Crippen LogP contribution >= 0.6 is 0 Å². The van der Waals surface area contributed by atoms with Crippen molar-refractivity contribution in [2.75, 3.05) is 19.6 Å². The third kappa shape index (κ3) is 6.80. The molecule has 1 N–H and O–H groups in total. The molecule has 0 radical (unpaired) electrons. The first-order chi connectivity index (χ1) is 19.9. The predicted octanol–water partition coefficient (Wildman–Crippen LogP) is 3.64. The van der Waals surface area contributed by atoms with Gasteiger partial charge in [-0.3, -0.25) is 24.2 Å². The van der Waals surface area contributed by atoms with Crippen LogP contribution in [0.4, 0.5) is 0 Å². The smallest absolute Gasteiger partial charge is 0.251 e. The topological polar surface area (TPSA) is 109 Å². The van der Waals surface area contributed by atoms with Crippen LogP contribution in [0.15, 0.2) is 79.1 Å². The second-order valence-corrected chi connectivity index (χ2v) is 10.7. The average Bonchev–Trinajstić information content (AvgIpc) is 3.56. The van der Waals surface area contributed by atoms with Gasteiger partial charge >= 0.3 is 0 Å². The highest BCUT2D eigenvalue weighted by molar-refractivity contribution is 5.98. The van der Waals surface area contributed by atoms with Crippen molar-refractivity contribution in [1.82, 2.24) is 20.1 Å². The van der Waals surface area contributed by atoms with E-state index in [0.717, 1.165) is 11.3 Å². The van der Waals surface area contributed by atoms with E-state index in [4.69, 9.17) is 4.74 Å². The van der Waals surface area contributed by atoms with Gasteiger partial charge in [0.15, 0.2) is 5.78 Å². The zero-order chi connectivity index (χ0) is 28.8. The zero-order valence-corrected chi connectivity index (χ0v) is 23.1. The Morgan fingerprint density at radius 1 is 0.976 bits per heavy atom. The number of hydrogen-bond acceptors (Lipinski definition) is 6. The maximum atomic E-state index is 13.2. The van der Waals surface area contributed by atoms with Gasteiger partial charge in [0, 0.05) is 37.5 Å². The molecule has 0 bridgehead atoms. The van der Waals surface area contributed by atoms with E-state index in [0.29, 0.717) is 37.2 Å². The summed E-state index contributed by atoms with van der Waals surface area (Å²) in [4.78, 5) is 58.9. The van der Waals surface area contributed by atoms with Crippen LogP contribution in [0.3, 0.4) is 0 Å². The molecule has 212 valence electrons. The number of nitrogens with zero attached hydrogens (tertiary/aromatic N) is 3. The molecule has 9 heteroatoms. The highest BCUT2D eigenvalue weighted by atomic mass is 16.5. The van der Waals surface area contributed by atoms with Crippen LogP contribution in [0.1, 0.15) is 42.1 Å². The van der Waals surface area contributed by atoms with Crippen molar-refractivity contribution in [3.8, 4) is 11.5 Å². The molecular weight excluding hydrogens is 520 g/mol. The van der Waals surface area contributed by atoms with Crippen molar-refractivity contribution in [2.24, 2.45) is 5.92 Å². The third-order valence-electron chi connectivity index (χ3n) is 7.68. The molecule has 9 nitrogen and oxygen atoms in total. The first kappa shape index (κ1) is 28.0. The fourth-order valence-corrected chi connectivity index (χ4v) is 5.55. The van der Waals surface area contributed by atoms with E-state index in [9.17, 15) is 19.2 Å². The van der Waals surface area contributed by atoms with Crippen LogP contribution in [-0.4, -0.2) is 70.0 Å². The number of rotatable bonds is 10. The molecular formula is C32H34N4O5. The van der Waals surface area contributed by atoms with Crippen LogP contribution in [-0.2, 0) is 20.8 Å². The van der Waals surface area contributed by atoms with Crippen molar-refractivity contribution in [3.63, 3.8) is 0 Å². The normalized spacial score (nSPS) is 18.6. The van der Waals surface area contributed by atoms with Gasteiger partial charge in [-0.2, -0.15) is 0 Å². The minimum Gasteiger partial charge on any atom is -0.457 e. The first-order valence-electron chi connectivity index (χ1n) is 14.0. The van der Waals surface area contributed by atoms with Gasteiger partial charge in [0.2, 0.25) is 11.8 Å². The molecule has 3 atom stereocenters. The van der Waals surface area contributed by atoms with E-state index in [1.807, 2.05) is 43.3 Å². The monoisotopic (exact) mass is 554 g/mol. The number of fused-ring (bicyclic) bond motifs is 1. The number of likely N-dealkylation sites (tertiary alicyclic amines) is 2. The number of carbonyl (C=O) groups excluding carboxylic acids is 4. The van der Waals surface area contributed by atoms with E-state index >= 15 is 0 Å². The summed E-state index contributed by atoms with van der Waals surface area (Å²) in [5.41, 5.74) is 1.33. The number of ether oxygens (including phenoxy) is 1. The minimum absolute atomic E-state index is 0.0170. The van der Waals surface area contributed by atoms with E-state index < -0.39 is 6.04 Å². The lowest BCUT2D eigenvalue weighted by Gasteiger charge is -2.25. The number of carbonyl (C=O) groups is 4. The summed E-state index contributed by atoms with van der Waals surface area (Å²) in [6.45, 7) is 2.90. The van der Waals surface area contributed by atoms with Crippen LogP contribution < -0.4 is 10.1 Å². The first-order valence-corrected chi connectivity index (χ1v) is 14.0. The van der Waals surface area contributed by atoms with Gasteiger partial charge < -0.3 is 19.9 Å². The molecule has 0 aliphatic carbocycles. The Morgan fingerprint density at radius 3 is 2.46 bits per heavy atom. The molecule has 41 heavy (non-hydrogen) atoms. The summed E-state index contributed by atoms with van der Waals surface area (Å²) < 4.78 is 5.77. The lowest BCUT2D eigenvalue weighted by molar-refractivity contribution is -0.137. The number of para-hydroxylation sites is 1. The Kier molecular flexibility index (Phi) is 8.72. The van der Waals surface area contributed by atoms with Gasteiger partial charge in [0.1, 0.15) is 17.5 Å². The van der Waals surface area contributed by atoms with E-state index in [1.165, 1.54) is 0 Å². The predicted molar refractivity (Wildman–Crippen MR) is 152 cm³/mol. The van der Waals surface area contributed by atoms with Crippen molar-refractivity contribution in [3.05, 3.63) is 90.3 Å². The molecule has 3 aromatic rings. The van der Waals surface area contributed by atoms with E-state index in [-0.39, 0.29) is 54.9 Å². The van der Waals surface area contributed by atoms with E-state index in [2.05, 4.69) is 10.3 Å². The van der Waals surface area contributed by atoms with Crippen LogP contribution in [0.5, 0.6) is 11.5 Å². The summed E-state index contributed by atoms with van der Waals surface area (Å²) in [7, 11) is 0. The molecule has 2 aliphatic rings. The van der Waals surface area contributed by atoms with Gasteiger partial charge in [0.25, 0.3) is 5.91 Å². The van der Waals surface area contributed by atoms with Crippen LogP contribution in [0.2, 0.25) is 0 Å². The molecule has 1 aromatic heterocycles. The summed E-state index contributed by atoms with van der Waals surface area (Å²) in [5, 5.41) is 2.92. The van der Waals surface area contributed by atoms with Crippen molar-refractivity contribution in [1.29, 1.82) is 0 Å². The van der Waals surface area contributed by atoms with Crippen molar-refractivity contribution >= 4 is 23.5 Å². The zero-order valence-electron chi connectivity index (χ0n) is 23.1. The molecule has 3 unspecified atom stereocenters. The van der Waals surface area contributed by atoms with Gasteiger partial charge in [-0.15, -0.1) is 0 Å². The molecule has 5 rings (SSSR count). The lowest BCUT2D eigenvalue weighted by atomic mass is 10.0. The number of nitrogens with one attached hydrogen (secondary N) is 1. The number of benzene rings is 2. The number of aromatic nitrogens is 1. The highest BCUT2D eigenvalue weighted by Gasteiger charge is 2.51. The van der Waals surface area contributed by atoms with Gasteiger partial charge in [-0.05, 0) is 66.8 Å². The van der Waals surface area contributed by atoms with E-state index in [1.54, 1.807) is 52.5 Å². The molecule has 0 spiro atoms. The summed E-state index contributed by atoms with van der Waals surface area (Å²) in [5.74, 6) is 0.914. The summed E-state index contributed by atoms with van der Waals surface area (Å²) in [6.07, 6.45) is 4.99. The summed E-state index contributed by atoms with van der Waals surface area (Å²) >= 11 is 0. The molecule has 2 aliphatic heterocycles. The number of ketones is 1. The Morgan fingerprint density at radius 2 is 1.73 bits per heavy atom. The Bertz CT molecular complexity index is 1380.